The summed E-state index contributed by atoms with van der Waals surface area (Å²) in [5.41, 5.74) is 0.0440. The Morgan fingerprint density at radius 1 is 1.50 bits per heavy atom. The molecule has 0 N–H and O–H groups in total. The molecule has 0 aromatic heterocycles. The standard InChI is InChI=1S/C13H14FNO5/c1-3-9(13(16)19-2)6-7-20-12-8-10(14)4-5-11(12)15(17)18/h4-6,8H,3,7H2,1-2H3. The van der Waals surface area contributed by atoms with E-state index in [0.717, 1.165) is 18.2 Å². The van der Waals surface area contributed by atoms with Crippen LogP contribution in [0.15, 0.2) is 29.8 Å². The number of nitro groups is 1. The van der Waals surface area contributed by atoms with Crippen LogP contribution < -0.4 is 4.74 Å². The Kier molecular flexibility index (Phi) is 5.64. The van der Waals surface area contributed by atoms with Gasteiger partial charge in [0.2, 0.25) is 0 Å². The molecule has 0 radical (unpaired) electrons. The molecule has 6 nitrogen and oxygen atoms in total. The number of hydrogen-bond donors (Lipinski definition) is 0. The number of hydrogen-bond acceptors (Lipinski definition) is 5. The van der Waals surface area contributed by atoms with Crippen LogP contribution in [-0.4, -0.2) is 24.6 Å². The van der Waals surface area contributed by atoms with Crippen molar-refractivity contribution in [3.63, 3.8) is 0 Å². The Morgan fingerprint density at radius 3 is 2.75 bits per heavy atom. The van der Waals surface area contributed by atoms with Crippen LogP contribution in [0.5, 0.6) is 5.75 Å². The summed E-state index contributed by atoms with van der Waals surface area (Å²) in [4.78, 5) is 21.4. The second-order valence-corrected chi connectivity index (χ2v) is 3.75. The number of esters is 1. The van der Waals surface area contributed by atoms with Crippen molar-refractivity contribution in [3.8, 4) is 5.75 Å². The van der Waals surface area contributed by atoms with Gasteiger partial charge in [0.1, 0.15) is 12.4 Å². The fraction of sp³-hybridized carbons (Fsp3) is 0.308. The van der Waals surface area contributed by atoms with Gasteiger partial charge in [0.15, 0.2) is 5.75 Å². The van der Waals surface area contributed by atoms with Gasteiger partial charge in [-0.25, -0.2) is 9.18 Å². The predicted octanol–water partition coefficient (Wildman–Crippen LogP) is 2.62. The van der Waals surface area contributed by atoms with E-state index in [9.17, 15) is 19.3 Å². The summed E-state index contributed by atoms with van der Waals surface area (Å²) in [5.74, 6) is -1.32. The van der Waals surface area contributed by atoms with Gasteiger partial charge in [-0.2, -0.15) is 0 Å². The maximum Gasteiger partial charge on any atom is 0.333 e. The van der Waals surface area contributed by atoms with Crippen molar-refractivity contribution in [1.82, 2.24) is 0 Å². The summed E-state index contributed by atoms with van der Waals surface area (Å²) in [6.07, 6.45) is 1.88. The van der Waals surface area contributed by atoms with E-state index < -0.39 is 16.7 Å². The third-order valence-electron chi connectivity index (χ3n) is 2.52. The molecule has 0 aliphatic carbocycles. The minimum Gasteiger partial charge on any atom is -0.482 e. The first-order valence-corrected chi connectivity index (χ1v) is 5.83. The lowest BCUT2D eigenvalue weighted by molar-refractivity contribution is -0.385. The first kappa shape index (κ1) is 15.6. The van der Waals surface area contributed by atoms with Crippen LogP contribution >= 0.6 is 0 Å². The number of rotatable bonds is 6. The molecule has 7 heteroatoms. The van der Waals surface area contributed by atoms with Crippen LogP contribution in [-0.2, 0) is 9.53 Å². The van der Waals surface area contributed by atoms with Crippen molar-refractivity contribution in [2.24, 2.45) is 0 Å². The molecule has 0 amide bonds. The van der Waals surface area contributed by atoms with Crippen molar-refractivity contribution < 1.29 is 23.6 Å². The van der Waals surface area contributed by atoms with Gasteiger partial charge in [0, 0.05) is 17.7 Å². The van der Waals surface area contributed by atoms with Crippen LogP contribution in [0.3, 0.4) is 0 Å². The normalized spacial score (nSPS) is 11.1. The smallest absolute Gasteiger partial charge is 0.333 e. The average molecular weight is 283 g/mol. The van der Waals surface area contributed by atoms with Crippen molar-refractivity contribution in [2.75, 3.05) is 13.7 Å². The van der Waals surface area contributed by atoms with Gasteiger partial charge in [-0.05, 0) is 18.6 Å². The van der Waals surface area contributed by atoms with Gasteiger partial charge >= 0.3 is 11.7 Å². The molecular weight excluding hydrogens is 269 g/mol. The van der Waals surface area contributed by atoms with Gasteiger partial charge in [0.05, 0.1) is 12.0 Å². The van der Waals surface area contributed by atoms with Gasteiger partial charge < -0.3 is 9.47 Å². The van der Waals surface area contributed by atoms with Gasteiger partial charge in [0.25, 0.3) is 0 Å². The SMILES string of the molecule is CCC(=CCOc1cc(F)ccc1[N+](=O)[O-])C(=O)OC. The Labute approximate surface area is 115 Å². The van der Waals surface area contributed by atoms with Gasteiger partial charge in [-0.1, -0.05) is 6.92 Å². The Hall–Kier alpha value is -2.44. The summed E-state index contributed by atoms with van der Waals surface area (Å²) < 4.78 is 22.7. The first-order chi connectivity index (χ1) is 9.49. The summed E-state index contributed by atoms with van der Waals surface area (Å²) in [6.45, 7) is 1.66. The molecule has 108 valence electrons. The van der Waals surface area contributed by atoms with Gasteiger partial charge in [-0.15, -0.1) is 0 Å². The first-order valence-electron chi connectivity index (χ1n) is 5.83. The number of carbonyl (C=O) groups excluding carboxylic acids is 1. The highest BCUT2D eigenvalue weighted by Gasteiger charge is 2.15. The van der Waals surface area contributed by atoms with E-state index in [0.29, 0.717) is 12.0 Å². The number of ether oxygens (including phenoxy) is 2. The molecule has 0 atom stereocenters. The number of nitro benzene ring substituents is 1. The van der Waals surface area contributed by atoms with Crippen molar-refractivity contribution in [1.29, 1.82) is 0 Å². The van der Waals surface area contributed by atoms with E-state index >= 15 is 0 Å². The zero-order valence-corrected chi connectivity index (χ0v) is 11.1. The minimum absolute atomic E-state index is 0.0947. The molecule has 0 unspecified atom stereocenters. The molecule has 0 heterocycles. The summed E-state index contributed by atoms with van der Waals surface area (Å²) in [7, 11) is 1.25. The van der Waals surface area contributed by atoms with Crippen molar-refractivity contribution in [2.45, 2.75) is 13.3 Å². The van der Waals surface area contributed by atoms with Crippen LogP contribution in [0.25, 0.3) is 0 Å². The number of nitrogens with zero attached hydrogens (tertiary/aromatic N) is 1. The lowest BCUT2D eigenvalue weighted by atomic mass is 10.2. The lowest BCUT2D eigenvalue weighted by Crippen LogP contribution is -2.06. The molecule has 0 fully saturated rings. The van der Waals surface area contributed by atoms with Gasteiger partial charge in [-0.3, -0.25) is 10.1 Å². The highest BCUT2D eigenvalue weighted by molar-refractivity contribution is 5.88. The predicted molar refractivity (Wildman–Crippen MR) is 68.9 cm³/mol. The molecule has 0 saturated carbocycles. The van der Waals surface area contributed by atoms with Crippen LogP contribution in [0, 0.1) is 15.9 Å². The van der Waals surface area contributed by atoms with E-state index in [2.05, 4.69) is 4.74 Å². The number of benzene rings is 1. The third kappa shape index (κ3) is 4.04. The fourth-order valence-corrected chi connectivity index (χ4v) is 1.49. The lowest BCUT2D eigenvalue weighted by Gasteiger charge is -2.06. The van der Waals surface area contributed by atoms with E-state index in [4.69, 9.17) is 4.74 Å². The molecule has 0 aliphatic heterocycles. The molecule has 1 rings (SSSR count). The topological polar surface area (TPSA) is 78.7 Å². The number of halogens is 1. The molecule has 0 spiro atoms. The third-order valence-corrected chi connectivity index (χ3v) is 2.52. The number of methoxy groups -OCH3 is 1. The van der Waals surface area contributed by atoms with Crippen molar-refractivity contribution >= 4 is 11.7 Å². The summed E-state index contributed by atoms with van der Waals surface area (Å²) in [5, 5.41) is 10.8. The van der Waals surface area contributed by atoms with Crippen LogP contribution in [0.4, 0.5) is 10.1 Å². The Morgan fingerprint density at radius 2 is 2.20 bits per heavy atom. The largest absolute Gasteiger partial charge is 0.482 e. The zero-order valence-electron chi connectivity index (χ0n) is 11.1. The maximum absolute atomic E-state index is 13.1. The van der Waals surface area contributed by atoms with Crippen molar-refractivity contribution in [3.05, 3.63) is 45.8 Å². The van der Waals surface area contributed by atoms with E-state index in [1.54, 1.807) is 6.92 Å². The zero-order chi connectivity index (χ0) is 15.1. The molecule has 20 heavy (non-hydrogen) atoms. The van der Waals surface area contributed by atoms with E-state index in [-0.39, 0.29) is 18.0 Å². The molecule has 1 aromatic carbocycles. The quantitative estimate of drug-likeness (QED) is 0.347. The molecule has 0 aliphatic rings. The maximum atomic E-state index is 13.1. The molecule has 1 aromatic rings. The fourth-order valence-electron chi connectivity index (χ4n) is 1.49. The minimum atomic E-state index is -0.667. The molecule has 0 saturated heterocycles. The highest BCUT2D eigenvalue weighted by Crippen LogP contribution is 2.27. The van der Waals surface area contributed by atoms with E-state index in [1.807, 2.05) is 0 Å². The highest BCUT2D eigenvalue weighted by atomic mass is 19.1. The summed E-state index contributed by atoms with van der Waals surface area (Å²) >= 11 is 0. The Balaban J connectivity index is 2.84. The second kappa shape index (κ2) is 7.22. The van der Waals surface area contributed by atoms with Crippen LogP contribution in [0.1, 0.15) is 13.3 Å². The average Bonchev–Trinajstić information content (AvgIpc) is 2.42. The molecular formula is C13H14FNO5. The molecule has 0 bridgehead atoms. The van der Waals surface area contributed by atoms with Crippen LogP contribution in [0.2, 0.25) is 0 Å². The second-order valence-electron chi connectivity index (χ2n) is 3.75. The monoisotopic (exact) mass is 283 g/mol. The Bertz CT molecular complexity index is 542. The number of carbonyl (C=O) groups is 1. The van der Waals surface area contributed by atoms with E-state index in [1.165, 1.54) is 13.2 Å². The summed E-state index contributed by atoms with van der Waals surface area (Å²) in [6, 6.07) is 2.93.